The maximum absolute atomic E-state index is 12.3. The summed E-state index contributed by atoms with van der Waals surface area (Å²) in [5.41, 5.74) is 1.00. The average molecular weight is 342 g/mol. The molecule has 1 aliphatic rings. The lowest BCUT2D eigenvalue weighted by Gasteiger charge is -2.15. The van der Waals surface area contributed by atoms with E-state index >= 15 is 0 Å². The Morgan fingerprint density at radius 1 is 1.24 bits per heavy atom. The molecule has 0 bridgehead atoms. The Morgan fingerprint density at radius 3 is 2.64 bits per heavy atom. The second-order valence-electron chi connectivity index (χ2n) is 5.97. The van der Waals surface area contributed by atoms with Crippen molar-refractivity contribution in [3.63, 3.8) is 0 Å². The van der Waals surface area contributed by atoms with Crippen LogP contribution in [0.25, 0.3) is 0 Å². The molecule has 7 nitrogen and oxygen atoms in total. The highest BCUT2D eigenvalue weighted by molar-refractivity contribution is 5.89. The number of hydrogen-bond donors (Lipinski definition) is 2. The molecular formula is C18H18N2O5. The summed E-state index contributed by atoms with van der Waals surface area (Å²) >= 11 is 0. The molecule has 1 aromatic heterocycles. The zero-order valence-corrected chi connectivity index (χ0v) is 13.5. The molecule has 130 valence electrons. The van der Waals surface area contributed by atoms with Crippen LogP contribution < -0.4 is 5.32 Å². The third-order valence-electron chi connectivity index (χ3n) is 4.18. The zero-order valence-electron chi connectivity index (χ0n) is 13.5. The van der Waals surface area contributed by atoms with Gasteiger partial charge < -0.3 is 19.7 Å². The number of rotatable bonds is 6. The van der Waals surface area contributed by atoms with Crippen LogP contribution in [0.15, 0.2) is 47.1 Å². The Morgan fingerprint density at radius 2 is 2.00 bits per heavy atom. The van der Waals surface area contributed by atoms with Crippen molar-refractivity contribution in [3.05, 3.63) is 59.5 Å². The fourth-order valence-electron chi connectivity index (χ4n) is 2.79. The summed E-state index contributed by atoms with van der Waals surface area (Å²) in [5, 5.41) is 11.7. The van der Waals surface area contributed by atoms with Crippen molar-refractivity contribution < 1.29 is 23.9 Å². The van der Waals surface area contributed by atoms with Crippen molar-refractivity contribution in [2.75, 3.05) is 6.54 Å². The first kappa shape index (κ1) is 16.8. The van der Waals surface area contributed by atoms with Gasteiger partial charge in [-0.3, -0.25) is 9.59 Å². The first-order valence-electron chi connectivity index (χ1n) is 7.93. The van der Waals surface area contributed by atoms with E-state index in [1.807, 2.05) is 0 Å². The lowest BCUT2D eigenvalue weighted by atomic mass is 10.1. The molecular weight excluding hydrogens is 324 g/mol. The van der Waals surface area contributed by atoms with E-state index < -0.39 is 5.97 Å². The van der Waals surface area contributed by atoms with Gasteiger partial charge in [0.2, 0.25) is 11.8 Å². The molecule has 0 saturated carbocycles. The number of nitrogens with zero attached hydrogens (tertiary/aromatic N) is 1. The molecule has 2 amide bonds. The summed E-state index contributed by atoms with van der Waals surface area (Å²) in [6.07, 6.45) is 1.74. The Hall–Kier alpha value is -3.09. The van der Waals surface area contributed by atoms with Gasteiger partial charge in [-0.1, -0.05) is 12.1 Å². The average Bonchev–Trinajstić information content (AvgIpc) is 3.24. The van der Waals surface area contributed by atoms with E-state index in [4.69, 9.17) is 9.52 Å². The normalized spacial score (nSPS) is 16.9. The molecule has 0 unspecified atom stereocenters. The number of carboxylic acid groups (broad SMARTS) is 1. The molecule has 2 N–H and O–H groups in total. The summed E-state index contributed by atoms with van der Waals surface area (Å²) in [7, 11) is 0. The maximum atomic E-state index is 12.3. The van der Waals surface area contributed by atoms with Crippen LogP contribution >= 0.6 is 0 Å². The standard InChI is InChI=1S/C18H18N2O5/c21-16-8-14(10-20(16)11-15-2-1-7-25-15)17(22)19-9-12-3-5-13(6-4-12)18(23)24/h1-7,14H,8-11H2,(H,19,22)(H,23,24)/t14-/m1/s1. The molecule has 0 aliphatic carbocycles. The van der Waals surface area contributed by atoms with Crippen molar-refractivity contribution in [1.82, 2.24) is 10.2 Å². The van der Waals surface area contributed by atoms with E-state index in [0.717, 1.165) is 5.56 Å². The molecule has 3 rings (SSSR count). The second kappa shape index (κ2) is 7.21. The number of likely N-dealkylation sites (tertiary alicyclic amines) is 1. The van der Waals surface area contributed by atoms with Crippen LogP contribution in [-0.2, 0) is 22.7 Å². The molecule has 1 fully saturated rings. The fourth-order valence-corrected chi connectivity index (χ4v) is 2.79. The van der Waals surface area contributed by atoms with Crippen molar-refractivity contribution in [2.24, 2.45) is 5.92 Å². The highest BCUT2D eigenvalue weighted by Crippen LogP contribution is 2.20. The summed E-state index contributed by atoms with van der Waals surface area (Å²) in [4.78, 5) is 36.7. The number of benzene rings is 1. The van der Waals surface area contributed by atoms with Gasteiger partial charge in [0.25, 0.3) is 0 Å². The molecule has 7 heteroatoms. The Balaban J connectivity index is 1.51. The molecule has 0 spiro atoms. The summed E-state index contributed by atoms with van der Waals surface area (Å²) in [6.45, 7) is 1.02. The molecule has 1 aliphatic heterocycles. The predicted octanol–water partition coefficient (Wildman–Crippen LogP) is 1.64. The first-order valence-corrected chi connectivity index (χ1v) is 7.93. The van der Waals surface area contributed by atoms with Crippen molar-refractivity contribution >= 4 is 17.8 Å². The molecule has 1 aromatic carbocycles. The second-order valence-corrected chi connectivity index (χ2v) is 5.97. The van der Waals surface area contributed by atoms with Crippen LogP contribution in [0.5, 0.6) is 0 Å². The lowest BCUT2D eigenvalue weighted by molar-refractivity contribution is -0.129. The van der Waals surface area contributed by atoms with Crippen molar-refractivity contribution in [3.8, 4) is 0 Å². The van der Waals surface area contributed by atoms with Gasteiger partial charge in [-0.15, -0.1) is 0 Å². The van der Waals surface area contributed by atoms with E-state index in [-0.39, 0.29) is 29.7 Å². The van der Waals surface area contributed by atoms with Gasteiger partial charge in [0, 0.05) is 19.5 Å². The van der Waals surface area contributed by atoms with Crippen LogP contribution in [-0.4, -0.2) is 34.3 Å². The third kappa shape index (κ3) is 4.06. The molecule has 0 radical (unpaired) electrons. The van der Waals surface area contributed by atoms with Crippen molar-refractivity contribution in [1.29, 1.82) is 0 Å². The highest BCUT2D eigenvalue weighted by Gasteiger charge is 2.34. The molecule has 2 aromatic rings. The number of carbonyl (C=O) groups is 3. The van der Waals surface area contributed by atoms with Crippen LogP contribution in [0.1, 0.15) is 28.1 Å². The fraction of sp³-hybridized carbons (Fsp3) is 0.278. The number of hydrogen-bond acceptors (Lipinski definition) is 4. The van der Waals surface area contributed by atoms with Crippen LogP contribution in [0.4, 0.5) is 0 Å². The lowest BCUT2D eigenvalue weighted by Crippen LogP contribution is -2.32. The largest absolute Gasteiger partial charge is 0.478 e. The van der Waals surface area contributed by atoms with Gasteiger partial charge in [-0.25, -0.2) is 4.79 Å². The number of amides is 2. The topological polar surface area (TPSA) is 99.8 Å². The van der Waals surface area contributed by atoms with E-state index in [0.29, 0.717) is 25.4 Å². The monoisotopic (exact) mass is 342 g/mol. The van der Waals surface area contributed by atoms with E-state index in [2.05, 4.69) is 5.32 Å². The minimum Gasteiger partial charge on any atom is -0.478 e. The zero-order chi connectivity index (χ0) is 17.8. The van der Waals surface area contributed by atoms with E-state index in [1.54, 1.807) is 35.4 Å². The molecule has 2 heterocycles. The van der Waals surface area contributed by atoms with Gasteiger partial charge in [0.15, 0.2) is 0 Å². The quantitative estimate of drug-likeness (QED) is 0.831. The highest BCUT2D eigenvalue weighted by atomic mass is 16.4. The number of nitrogens with one attached hydrogen (secondary N) is 1. The molecule has 1 saturated heterocycles. The first-order chi connectivity index (χ1) is 12.0. The SMILES string of the molecule is O=C(O)c1ccc(CNC(=O)[C@@H]2CC(=O)N(Cc3ccco3)C2)cc1. The van der Waals surface area contributed by atoms with Gasteiger partial charge in [-0.2, -0.15) is 0 Å². The summed E-state index contributed by atoms with van der Waals surface area (Å²) < 4.78 is 5.24. The number of aromatic carboxylic acids is 1. The number of carbonyl (C=O) groups excluding carboxylic acids is 2. The van der Waals surface area contributed by atoms with Gasteiger partial charge in [0.1, 0.15) is 5.76 Å². The van der Waals surface area contributed by atoms with Crippen LogP contribution in [0, 0.1) is 5.92 Å². The number of carboxylic acids is 1. The van der Waals surface area contributed by atoms with E-state index in [1.165, 1.54) is 12.1 Å². The summed E-state index contributed by atoms with van der Waals surface area (Å²) in [6, 6.07) is 9.86. The molecule has 1 atom stereocenters. The minimum absolute atomic E-state index is 0.0673. The Kier molecular flexibility index (Phi) is 4.83. The third-order valence-corrected chi connectivity index (χ3v) is 4.18. The van der Waals surface area contributed by atoms with Gasteiger partial charge in [-0.05, 0) is 29.8 Å². The maximum Gasteiger partial charge on any atom is 0.335 e. The van der Waals surface area contributed by atoms with Gasteiger partial charge >= 0.3 is 5.97 Å². The number of furan rings is 1. The Bertz CT molecular complexity index is 767. The van der Waals surface area contributed by atoms with Crippen molar-refractivity contribution in [2.45, 2.75) is 19.5 Å². The van der Waals surface area contributed by atoms with Gasteiger partial charge in [0.05, 0.1) is 24.3 Å². The predicted molar refractivity (Wildman–Crippen MR) is 87.5 cm³/mol. The summed E-state index contributed by atoms with van der Waals surface area (Å²) in [5.74, 6) is -0.939. The minimum atomic E-state index is -0.989. The molecule has 25 heavy (non-hydrogen) atoms. The smallest absolute Gasteiger partial charge is 0.335 e. The van der Waals surface area contributed by atoms with Crippen LogP contribution in [0.3, 0.4) is 0 Å². The Labute approximate surface area is 144 Å². The van der Waals surface area contributed by atoms with Crippen LogP contribution in [0.2, 0.25) is 0 Å². The van der Waals surface area contributed by atoms with E-state index in [9.17, 15) is 14.4 Å².